The molecule has 0 fully saturated rings. The highest BCUT2D eigenvalue weighted by atomic mass is 32.2. The zero-order valence-electron chi connectivity index (χ0n) is 11.3. The van der Waals surface area contributed by atoms with E-state index in [2.05, 4.69) is 33.9 Å². The normalized spacial score (nSPS) is 10.9. The molecular formula is C12H18N4S3. The topological polar surface area (TPSA) is 41.1 Å². The van der Waals surface area contributed by atoms with E-state index in [-0.39, 0.29) is 0 Å². The summed E-state index contributed by atoms with van der Waals surface area (Å²) in [6.45, 7) is 4.11. The highest BCUT2D eigenvalue weighted by molar-refractivity contribution is 8.01. The molecule has 0 bridgehead atoms. The third-order valence-corrected chi connectivity index (χ3v) is 5.79. The molecule has 0 aliphatic heterocycles. The summed E-state index contributed by atoms with van der Waals surface area (Å²) in [5.74, 6) is 1.02. The third kappa shape index (κ3) is 4.45. The van der Waals surface area contributed by atoms with Crippen LogP contribution in [0.3, 0.4) is 0 Å². The number of hydrogen-bond acceptors (Lipinski definition) is 7. The smallest absolute Gasteiger partial charge is 0.208 e. The van der Waals surface area contributed by atoms with Gasteiger partial charge in [-0.05, 0) is 23.9 Å². The molecular weight excluding hydrogens is 296 g/mol. The van der Waals surface area contributed by atoms with Crippen LogP contribution in [0.15, 0.2) is 15.8 Å². The predicted octanol–water partition coefficient (Wildman–Crippen LogP) is 2.86. The van der Waals surface area contributed by atoms with Gasteiger partial charge in [-0.1, -0.05) is 23.1 Å². The molecule has 1 N–H and O–H groups in total. The van der Waals surface area contributed by atoms with E-state index in [0.29, 0.717) is 0 Å². The van der Waals surface area contributed by atoms with Gasteiger partial charge in [-0.25, -0.2) is 0 Å². The van der Waals surface area contributed by atoms with E-state index < -0.39 is 0 Å². The van der Waals surface area contributed by atoms with E-state index in [9.17, 15) is 0 Å². The maximum Gasteiger partial charge on any atom is 0.208 e. The molecule has 0 spiro atoms. The molecule has 0 unspecified atom stereocenters. The number of aromatic nitrogens is 2. The van der Waals surface area contributed by atoms with Crippen LogP contribution in [-0.2, 0) is 6.54 Å². The summed E-state index contributed by atoms with van der Waals surface area (Å²) >= 11 is 5.21. The van der Waals surface area contributed by atoms with Crippen molar-refractivity contribution in [2.24, 2.45) is 0 Å². The monoisotopic (exact) mass is 314 g/mol. The molecule has 0 saturated carbocycles. The molecule has 0 aromatic carbocycles. The Balaban J connectivity index is 1.65. The van der Waals surface area contributed by atoms with Crippen LogP contribution in [0.25, 0.3) is 0 Å². The van der Waals surface area contributed by atoms with E-state index in [4.69, 9.17) is 0 Å². The highest BCUT2D eigenvalue weighted by Crippen LogP contribution is 2.26. The van der Waals surface area contributed by atoms with Gasteiger partial charge in [0.2, 0.25) is 5.13 Å². The minimum Gasteiger partial charge on any atom is -0.353 e. The molecule has 4 nitrogen and oxygen atoms in total. The molecule has 0 atom stereocenters. The summed E-state index contributed by atoms with van der Waals surface area (Å²) in [5.41, 5.74) is 1.38. The highest BCUT2D eigenvalue weighted by Gasteiger charge is 2.05. The van der Waals surface area contributed by atoms with Crippen molar-refractivity contribution >= 4 is 39.6 Å². The summed E-state index contributed by atoms with van der Waals surface area (Å²) in [7, 11) is 3.97. The van der Waals surface area contributed by atoms with E-state index in [1.165, 1.54) is 10.4 Å². The number of aryl methyl sites for hydroxylation is 1. The summed E-state index contributed by atoms with van der Waals surface area (Å²) < 4.78 is 1.04. The maximum atomic E-state index is 4.16. The van der Waals surface area contributed by atoms with E-state index in [1.54, 1.807) is 23.1 Å². The van der Waals surface area contributed by atoms with Crippen molar-refractivity contribution in [2.45, 2.75) is 17.8 Å². The Morgan fingerprint density at radius 1 is 1.37 bits per heavy atom. The van der Waals surface area contributed by atoms with Crippen molar-refractivity contribution in [3.63, 3.8) is 0 Å². The van der Waals surface area contributed by atoms with E-state index in [0.717, 1.165) is 28.3 Å². The van der Waals surface area contributed by atoms with Crippen molar-refractivity contribution in [3.8, 4) is 0 Å². The van der Waals surface area contributed by atoms with Crippen molar-refractivity contribution in [2.75, 3.05) is 31.3 Å². The fourth-order valence-electron chi connectivity index (χ4n) is 1.44. The number of rotatable bonds is 7. The summed E-state index contributed by atoms with van der Waals surface area (Å²) in [4.78, 5) is 3.41. The van der Waals surface area contributed by atoms with E-state index >= 15 is 0 Å². The Kier molecular flexibility index (Phi) is 5.62. The lowest BCUT2D eigenvalue weighted by molar-refractivity contribution is 0.738. The first-order valence-corrected chi connectivity index (χ1v) is 8.72. The molecule has 2 aromatic rings. The number of thiophene rings is 1. The molecule has 2 rings (SSSR count). The molecule has 19 heavy (non-hydrogen) atoms. The van der Waals surface area contributed by atoms with Crippen LogP contribution in [0.2, 0.25) is 0 Å². The van der Waals surface area contributed by atoms with Crippen LogP contribution in [0.1, 0.15) is 10.4 Å². The molecule has 0 saturated heterocycles. The minimum atomic E-state index is 0.961. The number of thioether (sulfide) groups is 1. The molecule has 0 radical (unpaired) electrons. The second kappa shape index (κ2) is 7.23. The van der Waals surface area contributed by atoms with Gasteiger partial charge in [-0.2, -0.15) is 0 Å². The Morgan fingerprint density at radius 3 is 2.84 bits per heavy atom. The zero-order valence-corrected chi connectivity index (χ0v) is 13.8. The van der Waals surface area contributed by atoms with Crippen molar-refractivity contribution in [1.29, 1.82) is 0 Å². The zero-order chi connectivity index (χ0) is 13.7. The molecule has 0 amide bonds. The van der Waals surface area contributed by atoms with Gasteiger partial charge in [0.25, 0.3) is 0 Å². The average molecular weight is 315 g/mol. The first-order chi connectivity index (χ1) is 9.16. The van der Waals surface area contributed by atoms with Crippen LogP contribution in [-0.4, -0.2) is 36.6 Å². The van der Waals surface area contributed by atoms with Crippen LogP contribution in [0.4, 0.5) is 5.13 Å². The summed E-state index contributed by atoms with van der Waals surface area (Å²) in [5, 5.41) is 14.9. The number of anilines is 1. The average Bonchev–Trinajstić information content (AvgIpc) is 2.99. The van der Waals surface area contributed by atoms with Gasteiger partial charge in [-0.3, -0.25) is 0 Å². The Bertz CT molecular complexity index is 507. The lowest BCUT2D eigenvalue weighted by Gasteiger charge is -2.04. The van der Waals surface area contributed by atoms with Gasteiger partial charge in [0.15, 0.2) is 4.34 Å². The number of nitrogens with one attached hydrogen (secondary N) is 1. The lowest BCUT2D eigenvalue weighted by Crippen LogP contribution is -2.16. The molecule has 0 aliphatic rings. The molecule has 2 aromatic heterocycles. The van der Waals surface area contributed by atoms with Gasteiger partial charge in [0, 0.05) is 37.8 Å². The largest absolute Gasteiger partial charge is 0.353 e. The Morgan fingerprint density at radius 2 is 2.21 bits per heavy atom. The third-order valence-electron chi connectivity index (χ3n) is 2.54. The molecule has 2 heterocycles. The second-order valence-corrected chi connectivity index (χ2v) is 7.60. The Labute approximate surface area is 126 Å². The van der Waals surface area contributed by atoms with Crippen LogP contribution < -0.4 is 10.2 Å². The first kappa shape index (κ1) is 14.8. The fraction of sp³-hybridized carbons (Fsp3) is 0.500. The quantitative estimate of drug-likeness (QED) is 0.629. The van der Waals surface area contributed by atoms with Crippen LogP contribution in [0.5, 0.6) is 0 Å². The predicted molar refractivity (Wildman–Crippen MR) is 85.7 cm³/mol. The van der Waals surface area contributed by atoms with Gasteiger partial charge >= 0.3 is 0 Å². The second-order valence-electron chi connectivity index (χ2n) is 4.30. The van der Waals surface area contributed by atoms with Gasteiger partial charge in [-0.15, -0.1) is 21.5 Å². The Hall–Kier alpha value is -0.630. The number of nitrogens with zero attached hydrogens (tertiary/aromatic N) is 3. The van der Waals surface area contributed by atoms with E-state index in [1.807, 2.05) is 30.3 Å². The maximum absolute atomic E-state index is 4.16. The lowest BCUT2D eigenvalue weighted by atomic mass is 10.3. The molecule has 7 heteroatoms. The number of hydrogen-bond donors (Lipinski definition) is 1. The van der Waals surface area contributed by atoms with Crippen LogP contribution >= 0.6 is 34.4 Å². The van der Waals surface area contributed by atoms with Gasteiger partial charge in [0.05, 0.1) is 0 Å². The van der Waals surface area contributed by atoms with Gasteiger partial charge < -0.3 is 10.2 Å². The van der Waals surface area contributed by atoms with Crippen LogP contribution in [0, 0.1) is 6.92 Å². The summed E-state index contributed by atoms with van der Waals surface area (Å²) in [6, 6.07) is 2.17. The van der Waals surface area contributed by atoms with Crippen molar-refractivity contribution in [3.05, 3.63) is 21.9 Å². The minimum absolute atomic E-state index is 0.961. The van der Waals surface area contributed by atoms with Gasteiger partial charge in [0.1, 0.15) is 0 Å². The molecule has 0 aliphatic carbocycles. The van der Waals surface area contributed by atoms with Crippen molar-refractivity contribution < 1.29 is 0 Å². The fourth-order valence-corrected chi connectivity index (χ4v) is 4.05. The first-order valence-electron chi connectivity index (χ1n) is 6.04. The summed E-state index contributed by atoms with van der Waals surface area (Å²) in [6.07, 6.45) is 0. The standard InChI is InChI=1S/C12H18N4S3/c1-9-4-6-17-10(9)8-13-5-7-18-12-15-14-11(19-12)16(2)3/h4,6,13H,5,7-8H2,1-3H3. The van der Waals surface area contributed by atoms with Crippen molar-refractivity contribution in [1.82, 2.24) is 15.5 Å². The SMILES string of the molecule is Cc1ccsc1CNCCSc1nnc(N(C)C)s1. The molecule has 104 valence electrons.